The Morgan fingerprint density at radius 1 is 1.16 bits per heavy atom. The monoisotopic (exact) mass is 418 g/mol. The molecule has 0 saturated heterocycles. The lowest BCUT2D eigenvalue weighted by Crippen LogP contribution is -2.14. The predicted molar refractivity (Wildman–Crippen MR) is 108 cm³/mol. The van der Waals surface area contributed by atoms with Gasteiger partial charge in [0.25, 0.3) is 0 Å². The Kier molecular flexibility index (Phi) is 4.28. The van der Waals surface area contributed by atoms with Crippen LogP contribution in [0.5, 0.6) is 0 Å². The van der Waals surface area contributed by atoms with Gasteiger partial charge < -0.3 is 14.7 Å². The van der Waals surface area contributed by atoms with Crippen molar-refractivity contribution in [3.63, 3.8) is 0 Å². The highest BCUT2D eigenvalue weighted by atomic mass is 19.1. The molecule has 2 N–H and O–H groups in total. The summed E-state index contributed by atoms with van der Waals surface area (Å²) in [5, 5.41) is 4.39. The molecule has 0 aromatic carbocycles. The average molecular weight is 418 g/mol. The van der Waals surface area contributed by atoms with Crippen LogP contribution in [-0.4, -0.2) is 34.1 Å². The van der Waals surface area contributed by atoms with E-state index in [-0.39, 0.29) is 29.5 Å². The van der Waals surface area contributed by atoms with Gasteiger partial charge in [0.05, 0.1) is 23.9 Å². The van der Waals surface area contributed by atoms with Crippen molar-refractivity contribution < 1.29 is 8.81 Å². The molecule has 0 aliphatic rings. The highest BCUT2D eigenvalue weighted by molar-refractivity contribution is 5.88. The SMILES string of the molecule is Cn1cc(-c2c(-c3ncco3)nc(N)n3nc(Cc4ncccc4F)nc23)ccc1=O. The standard InChI is InChI=1S/C20H15FN8O2/c1-28-10-11(4-5-15(28)30)16-17(19-24-7-8-31-19)26-20(22)29-18(16)25-14(27-29)9-13-12(21)3-2-6-23-13/h2-8,10H,9H2,1H3,(H2,22,26). The number of oxazole rings is 1. The lowest BCUT2D eigenvalue weighted by Gasteiger charge is -2.10. The molecule has 0 aliphatic carbocycles. The number of fused-ring (bicyclic) bond motifs is 1. The van der Waals surface area contributed by atoms with Crippen molar-refractivity contribution >= 4 is 11.6 Å². The molecule has 5 aromatic heterocycles. The number of anilines is 1. The first-order valence-electron chi connectivity index (χ1n) is 9.22. The number of nitrogens with zero attached hydrogens (tertiary/aromatic N) is 7. The maximum absolute atomic E-state index is 14.1. The molecular formula is C20H15FN8O2. The van der Waals surface area contributed by atoms with Crippen molar-refractivity contribution in [2.24, 2.45) is 7.05 Å². The lowest BCUT2D eigenvalue weighted by atomic mass is 10.1. The molecule has 0 bridgehead atoms. The zero-order chi connectivity index (χ0) is 21.5. The molecule has 0 spiro atoms. The van der Waals surface area contributed by atoms with Crippen LogP contribution in [0.3, 0.4) is 0 Å². The molecule has 154 valence electrons. The Balaban J connectivity index is 1.76. The van der Waals surface area contributed by atoms with E-state index >= 15 is 0 Å². The Bertz CT molecular complexity index is 1470. The van der Waals surface area contributed by atoms with Crippen LogP contribution >= 0.6 is 0 Å². The van der Waals surface area contributed by atoms with Crippen LogP contribution in [0, 0.1) is 5.82 Å². The van der Waals surface area contributed by atoms with E-state index in [2.05, 4.69) is 25.0 Å². The van der Waals surface area contributed by atoms with E-state index in [1.165, 1.54) is 45.9 Å². The maximum atomic E-state index is 14.1. The minimum absolute atomic E-state index is 0.0528. The van der Waals surface area contributed by atoms with Crippen molar-refractivity contribution in [1.82, 2.24) is 34.1 Å². The number of halogens is 1. The van der Waals surface area contributed by atoms with Gasteiger partial charge in [-0.1, -0.05) is 0 Å². The van der Waals surface area contributed by atoms with E-state index < -0.39 is 5.82 Å². The number of pyridine rings is 2. The maximum Gasteiger partial charge on any atom is 0.250 e. The van der Waals surface area contributed by atoms with Gasteiger partial charge in [0, 0.05) is 31.1 Å². The van der Waals surface area contributed by atoms with E-state index in [1.54, 1.807) is 19.3 Å². The summed E-state index contributed by atoms with van der Waals surface area (Å²) in [6, 6.07) is 5.92. The van der Waals surface area contributed by atoms with E-state index in [0.29, 0.717) is 28.3 Å². The molecular weight excluding hydrogens is 403 g/mol. The van der Waals surface area contributed by atoms with Gasteiger partial charge in [-0.2, -0.15) is 4.52 Å². The van der Waals surface area contributed by atoms with Crippen molar-refractivity contribution in [2.45, 2.75) is 6.42 Å². The van der Waals surface area contributed by atoms with Gasteiger partial charge in [-0.25, -0.2) is 19.3 Å². The Hall–Kier alpha value is -4.41. The number of aryl methyl sites for hydroxylation is 1. The summed E-state index contributed by atoms with van der Waals surface area (Å²) >= 11 is 0. The topological polar surface area (TPSA) is 130 Å². The summed E-state index contributed by atoms with van der Waals surface area (Å²) < 4.78 is 22.3. The number of rotatable bonds is 4. The van der Waals surface area contributed by atoms with Crippen molar-refractivity contribution in [2.75, 3.05) is 5.73 Å². The molecule has 0 unspecified atom stereocenters. The minimum Gasteiger partial charge on any atom is -0.443 e. The lowest BCUT2D eigenvalue weighted by molar-refractivity contribution is 0.572. The predicted octanol–water partition coefficient (Wildman–Crippen LogP) is 1.85. The highest BCUT2D eigenvalue weighted by Crippen LogP contribution is 2.33. The van der Waals surface area contributed by atoms with Crippen LogP contribution in [-0.2, 0) is 13.5 Å². The Morgan fingerprint density at radius 2 is 2.03 bits per heavy atom. The largest absolute Gasteiger partial charge is 0.443 e. The van der Waals surface area contributed by atoms with Crippen LogP contribution < -0.4 is 11.3 Å². The zero-order valence-electron chi connectivity index (χ0n) is 16.2. The van der Waals surface area contributed by atoms with E-state index in [9.17, 15) is 9.18 Å². The van der Waals surface area contributed by atoms with Crippen LogP contribution in [0.1, 0.15) is 11.5 Å². The highest BCUT2D eigenvalue weighted by Gasteiger charge is 2.23. The third-order valence-electron chi connectivity index (χ3n) is 4.72. The number of nitrogens with two attached hydrogens (primary N) is 1. The van der Waals surface area contributed by atoms with Gasteiger partial charge in [0.1, 0.15) is 17.8 Å². The molecule has 0 saturated carbocycles. The second kappa shape index (κ2) is 7.13. The third-order valence-corrected chi connectivity index (χ3v) is 4.72. The molecule has 10 nitrogen and oxygen atoms in total. The Labute approximate surface area is 173 Å². The quantitative estimate of drug-likeness (QED) is 0.468. The summed E-state index contributed by atoms with van der Waals surface area (Å²) in [7, 11) is 1.64. The molecule has 0 aliphatic heterocycles. The minimum atomic E-state index is -0.453. The van der Waals surface area contributed by atoms with Gasteiger partial charge in [0.2, 0.25) is 17.4 Å². The van der Waals surface area contributed by atoms with Gasteiger partial charge in [-0.05, 0) is 18.2 Å². The zero-order valence-corrected chi connectivity index (χ0v) is 16.2. The van der Waals surface area contributed by atoms with Crippen molar-refractivity contribution in [3.05, 3.63) is 76.8 Å². The molecule has 0 atom stereocenters. The summed E-state index contributed by atoms with van der Waals surface area (Å²) in [4.78, 5) is 29.1. The number of hydrogen-bond donors (Lipinski definition) is 1. The van der Waals surface area contributed by atoms with Crippen molar-refractivity contribution in [3.8, 4) is 22.7 Å². The van der Waals surface area contributed by atoms with Crippen molar-refractivity contribution in [1.29, 1.82) is 0 Å². The summed E-state index contributed by atoms with van der Waals surface area (Å²) in [5.74, 6) is 0.142. The molecule has 31 heavy (non-hydrogen) atoms. The molecule has 0 radical (unpaired) electrons. The molecule has 5 rings (SSSR count). The third kappa shape index (κ3) is 3.21. The van der Waals surface area contributed by atoms with E-state index in [1.807, 2.05) is 0 Å². The fourth-order valence-corrected chi connectivity index (χ4v) is 3.28. The molecule has 0 fully saturated rings. The fourth-order valence-electron chi connectivity index (χ4n) is 3.28. The van der Waals surface area contributed by atoms with Gasteiger partial charge >= 0.3 is 0 Å². The second-order valence-electron chi connectivity index (χ2n) is 6.77. The normalized spacial score (nSPS) is 11.3. The number of nitrogen functional groups attached to an aromatic ring is 1. The van der Waals surface area contributed by atoms with Crippen LogP contribution in [0.2, 0.25) is 0 Å². The van der Waals surface area contributed by atoms with Gasteiger partial charge in [-0.15, -0.1) is 5.10 Å². The van der Waals surface area contributed by atoms with E-state index in [4.69, 9.17) is 10.2 Å². The average Bonchev–Trinajstić information content (AvgIpc) is 3.42. The number of hydrogen-bond acceptors (Lipinski definition) is 8. The first-order chi connectivity index (χ1) is 15.0. The summed E-state index contributed by atoms with van der Waals surface area (Å²) in [6.45, 7) is 0. The molecule has 5 aromatic rings. The van der Waals surface area contributed by atoms with Crippen LogP contribution in [0.25, 0.3) is 28.4 Å². The Morgan fingerprint density at radius 3 is 2.77 bits per heavy atom. The first-order valence-corrected chi connectivity index (χ1v) is 9.22. The summed E-state index contributed by atoms with van der Waals surface area (Å²) in [6.07, 6.45) is 6.12. The van der Waals surface area contributed by atoms with Gasteiger partial charge in [0.15, 0.2) is 11.5 Å². The van der Waals surface area contributed by atoms with Crippen LogP contribution in [0.15, 0.2) is 58.3 Å². The summed E-state index contributed by atoms with van der Waals surface area (Å²) in [5.41, 5.74) is 8.04. The van der Waals surface area contributed by atoms with E-state index in [0.717, 1.165) is 0 Å². The second-order valence-corrected chi connectivity index (χ2v) is 6.77. The molecule has 5 heterocycles. The molecule has 11 heteroatoms. The smallest absolute Gasteiger partial charge is 0.250 e. The van der Waals surface area contributed by atoms with Crippen LogP contribution in [0.4, 0.5) is 10.3 Å². The van der Waals surface area contributed by atoms with Gasteiger partial charge in [-0.3, -0.25) is 9.78 Å². The first kappa shape index (κ1) is 18.6. The molecule has 0 amide bonds. The fraction of sp³-hybridized carbons (Fsp3) is 0.100. The number of aromatic nitrogens is 7.